The van der Waals surface area contributed by atoms with Gasteiger partial charge >= 0.3 is 0 Å². The molecule has 0 radical (unpaired) electrons. The lowest BCUT2D eigenvalue weighted by Gasteiger charge is -2.30. The topological polar surface area (TPSA) is 17.8 Å². The van der Waals surface area contributed by atoms with Gasteiger partial charge in [0.05, 0.1) is 5.56 Å². The highest BCUT2D eigenvalue weighted by Gasteiger charge is 2.55. The van der Waals surface area contributed by atoms with E-state index in [4.69, 9.17) is 0 Å². The SMILES string of the molecule is CC(C)n1nc(C(F)F)c2c1C(F)(F)CCC2(F)F. The first-order valence-electron chi connectivity index (χ1n) is 5.75. The maximum Gasteiger partial charge on any atom is 0.290 e. The van der Waals surface area contributed by atoms with E-state index >= 15 is 0 Å². The molecule has 0 atom stereocenters. The molecule has 0 fully saturated rings. The average molecular weight is 286 g/mol. The minimum absolute atomic E-state index is 0.587. The van der Waals surface area contributed by atoms with E-state index in [0.29, 0.717) is 4.68 Å². The lowest BCUT2D eigenvalue weighted by atomic mass is 9.89. The molecule has 0 aliphatic heterocycles. The summed E-state index contributed by atoms with van der Waals surface area (Å²) in [6.45, 7) is 2.84. The Morgan fingerprint density at radius 2 is 1.58 bits per heavy atom. The number of aromatic nitrogens is 2. The van der Waals surface area contributed by atoms with Crippen molar-refractivity contribution in [1.29, 1.82) is 0 Å². The molecule has 1 heterocycles. The highest BCUT2D eigenvalue weighted by molar-refractivity contribution is 5.37. The summed E-state index contributed by atoms with van der Waals surface area (Å²) < 4.78 is 81.2. The first-order chi connectivity index (χ1) is 8.58. The van der Waals surface area contributed by atoms with Crippen LogP contribution in [0.5, 0.6) is 0 Å². The number of nitrogens with zero attached hydrogens (tertiary/aromatic N) is 2. The van der Waals surface area contributed by atoms with Crippen LogP contribution >= 0.6 is 0 Å². The maximum absolute atomic E-state index is 13.8. The summed E-state index contributed by atoms with van der Waals surface area (Å²) in [7, 11) is 0. The van der Waals surface area contributed by atoms with E-state index in [-0.39, 0.29) is 0 Å². The summed E-state index contributed by atoms with van der Waals surface area (Å²) in [5, 5.41) is 3.29. The van der Waals surface area contributed by atoms with Gasteiger partial charge in [-0.1, -0.05) is 0 Å². The molecular weight excluding hydrogens is 274 g/mol. The Hall–Kier alpha value is -1.21. The zero-order chi connectivity index (χ0) is 14.6. The van der Waals surface area contributed by atoms with Gasteiger partial charge in [-0.2, -0.15) is 13.9 Å². The van der Waals surface area contributed by atoms with Crippen LogP contribution in [-0.2, 0) is 11.8 Å². The quantitative estimate of drug-likeness (QED) is 0.738. The van der Waals surface area contributed by atoms with Gasteiger partial charge < -0.3 is 0 Å². The molecule has 0 saturated heterocycles. The molecule has 0 N–H and O–H groups in total. The third kappa shape index (κ3) is 2.10. The minimum atomic E-state index is -3.70. The number of rotatable bonds is 2. The minimum Gasteiger partial charge on any atom is -0.260 e. The van der Waals surface area contributed by atoms with Crippen LogP contribution in [0, 0.1) is 0 Å². The molecular formula is C11H12F6N2. The largest absolute Gasteiger partial charge is 0.290 e. The summed E-state index contributed by atoms with van der Waals surface area (Å²) in [6.07, 6.45) is -5.54. The Morgan fingerprint density at radius 1 is 1.05 bits per heavy atom. The number of fused-ring (bicyclic) bond motifs is 1. The van der Waals surface area contributed by atoms with Crippen LogP contribution in [0.15, 0.2) is 0 Å². The van der Waals surface area contributed by atoms with Gasteiger partial charge in [0, 0.05) is 18.9 Å². The van der Waals surface area contributed by atoms with E-state index in [0.717, 1.165) is 0 Å². The Morgan fingerprint density at radius 3 is 2.05 bits per heavy atom. The molecule has 0 aromatic carbocycles. The van der Waals surface area contributed by atoms with E-state index in [1.807, 2.05) is 0 Å². The molecule has 2 nitrogen and oxygen atoms in total. The summed E-state index contributed by atoms with van der Waals surface area (Å²) >= 11 is 0. The maximum atomic E-state index is 13.8. The molecule has 1 aromatic heterocycles. The lowest BCUT2D eigenvalue weighted by molar-refractivity contribution is -0.102. The summed E-state index contributed by atoms with van der Waals surface area (Å²) in [4.78, 5) is 0. The van der Waals surface area contributed by atoms with Crippen molar-refractivity contribution in [1.82, 2.24) is 9.78 Å². The van der Waals surface area contributed by atoms with E-state index < -0.39 is 54.1 Å². The molecule has 0 bridgehead atoms. The fourth-order valence-corrected chi connectivity index (χ4v) is 2.25. The van der Waals surface area contributed by atoms with Crippen molar-refractivity contribution in [2.75, 3.05) is 0 Å². The van der Waals surface area contributed by atoms with Crippen molar-refractivity contribution >= 4 is 0 Å². The van der Waals surface area contributed by atoms with Crippen molar-refractivity contribution in [3.05, 3.63) is 17.0 Å². The van der Waals surface area contributed by atoms with Gasteiger partial charge in [0.1, 0.15) is 11.4 Å². The first-order valence-corrected chi connectivity index (χ1v) is 5.75. The molecule has 1 aliphatic rings. The summed E-state index contributed by atoms with van der Waals surface area (Å²) in [6, 6.07) is -0.707. The van der Waals surface area contributed by atoms with E-state index in [1.54, 1.807) is 0 Å². The third-order valence-corrected chi connectivity index (χ3v) is 3.10. The zero-order valence-corrected chi connectivity index (χ0v) is 10.2. The van der Waals surface area contributed by atoms with Gasteiger partial charge in [-0.15, -0.1) is 0 Å². The van der Waals surface area contributed by atoms with E-state index in [1.165, 1.54) is 13.8 Å². The Kier molecular flexibility index (Phi) is 3.10. The third-order valence-electron chi connectivity index (χ3n) is 3.10. The van der Waals surface area contributed by atoms with Crippen molar-refractivity contribution in [3.8, 4) is 0 Å². The van der Waals surface area contributed by atoms with Crippen LogP contribution in [0.1, 0.15) is 56.1 Å². The lowest BCUT2D eigenvalue weighted by Crippen LogP contribution is -2.33. The molecule has 1 aliphatic carbocycles. The van der Waals surface area contributed by atoms with Crippen molar-refractivity contribution in [2.45, 2.75) is 51.0 Å². The van der Waals surface area contributed by atoms with Crippen LogP contribution in [-0.4, -0.2) is 9.78 Å². The molecule has 8 heteroatoms. The van der Waals surface area contributed by atoms with E-state index in [2.05, 4.69) is 5.10 Å². The van der Waals surface area contributed by atoms with Crippen molar-refractivity contribution < 1.29 is 26.3 Å². The monoisotopic (exact) mass is 286 g/mol. The first kappa shape index (κ1) is 14.2. The smallest absolute Gasteiger partial charge is 0.260 e. The van der Waals surface area contributed by atoms with Crippen LogP contribution in [0.2, 0.25) is 0 Å². The van der Waals surface area contributed by atoms with Gasteiger partial charge in [0.25, 0.3) is 18.3 Å². The number of halogens is 6. The normalized spacial score (nSPS) is 20.9. The number of hydrogen-bond donors (Lipinski definition) is 0. The Bertz CT molecular complexity index is 449. The second-order valence-electron chi connectivity index (χ2n) is 4.86. The predicted molar refractivity (Wildman–Crippen MR) is 54.6 cm³/mol. The second-order valence-corrected chi connectivity index (χ2v) is 4.86. The van der Waals surface area contributed by atoms with Crippen LogP contribution in [0.25, 0.3) is 0 Å². The van der Waals surface area contributed by atoms with Gasteiger partial charge in [-0.05, 0) is 13.8 Å². The summed E-state index contributed by atoms with van der Waals surface area (Å²) in [5.41, 5.74) is -3.62. The molecule has 0 saturated carbocycles. The molecule has 19 heavy (non-hydrogen) atoms. The van der Waals surface area contributed by atoms with Crippen LogP contribution in [0.4, 0.5) is 26.3 Å². The molecule has 2 rings (SSSR count). The highest BCUT2D eigenvalue weighted by Crippen LogP contribution is 2.52. The predicted octanol–water partition coefficient (Wildman–Crippen LogP) is 4.38. The second kappa shape index (κ2) is 4.14. The molecule has 0 amide bonds. The molecule has 108 valence electrons. The number of hydrogen-bond acceptors (Lipinski definition) is 1. The Balaban J connectivity index is 2.78. The fraction of sp³-hybridized carbons (Fsp3) is 0.727. The van der Waals surface area contributed by atoms with Crippen molar-refractivity contribution in [3.63, 3.8) is 0 Å². The van der Waals surface area contributed by atoms with E-state index in [9.17, 15) is 26.3 Å². The highest BCUT2D eigenvalue weighted by atomic mass is 19.3. The van der Waals surface area contributed by atoms with Crippen molar-refractivity contribution in [2.24, 2.45) is 0 Å². The zero-order valence-electron chi connectivity index (χ0n) is 10.2. The average Bonchev–Trinajstić information content (AvgIpc) is 2.67. The summed E-state index contributed by atoms with van der Waals surface area (Å²) in [5.74, 6) is -7.27. The Labute approximate surface area is 105 Å². The van der Waals surface area contributed by atoms with Crippen LogP contribution in [0.3, 0.4) is 0 Å². The number of alkyl halides is 6. The molecule has 0 spiro atoms. The van der Waals surface area contributed by atoms with Gasteiger partial charge in [-0.3, -0.25) is 4.68 Å². The fourth-order valence-electron chi connectivity index (χ4n) is 2.25. The van der Waals surface area contributed by atoms with Gasteiger partial charge in [0.15, 0.2) is 0 Å². The van der Waals surface area contributed by atoms with Crippen LogP contribution < -0.4 is 0 Å². The van der Waals surface area contributed by atoms with Gasteiger partial charge in [0.2, 0.25) is 0 Å². The standard InChI is InChI=1S/C11H12F6N2/c1-5(2)19-8-6(7(18-19)9(12)13)10(14,15)3-4-11(8,16)17/h5,9H,3-4H2,1-2H3. The molecule has 1 aromatic rings. The molecule has 0 unspecified atom stereocenters. The van der Waals surface area contributed by atoms with Gasteiger partial charge in [-0.25, -0.2) is 17.6 Å².